The molecule has 38 heavy (non-hydrogen) atoms. The van der Waals surface area contributed by atoms with E-state index in [2.05, 4.69) is 60.7 Å². The van der Waals surface area contributed by atoms with E-state index in [4.69, 9.17) is 34.7 Å². The number of hydrogen-bond donors (Lipinski definition) is 2. The number of rotatable bonds is 4. The van der Waals surface area contributed by atoms with Crippen molar-refractivity contribution < 1.29 is 0 Å². The van der Waals surface area contributed by atoms with Crippen molar-refractivity contribution in [3.05, 3.63) is 131 Å². The molecule has 188 valence electrons. The van der Waals surface area contributed by atoms with E-state index in [9.17, 15) is 0 Å². The fourth-order valence-corrected chi connectivity index (χ4v) is 6.26. The van der Waals surface area contributed by atoms with Crippen LogP contribution in [0.3, 0.4) is 0 Å². The minimum Gasteiger partial charge on any atom is -0.399 e. The highest BCUT2D eigenvalue weighted by Gasteiger charge is 2.05. The molecule has 0 heterocycles. The number of anilines is 2. The Labute approximate surface area is 241 Å². The Balaban J connectivity index is 0.000000155. The zero-order chi connectivity index (χ0) is 26.5. The van der Waals surface area contributed by atoms with Crippen molar-refractivity contribution >= 4 is 79.6 Å². The quantitative estimate of drug-likeness (QED) is 0.207. The topological polar surface area (TPSA) is 52.0 Å². The Morgan fingerprint density at radius 1 is 0.421 bits per heavy atom. The highest BCUT2D eigenvalue weighted by Crippen LogP contribution is 2.36. The van der Waals surface area contributed by atoms with Crippen molar-refractivity contribution in [3.8, 4) is 0 Å². The summed E-state index contributed by atoms with van der Waals surface area (Å²) >= 11 is 15.7. The number of benzene rings is 6. The van der Waals surface area contributed by atoms with Gasteiger partial charge in [0, 0.05) is 31.0 Å². The molecule has 0 spiro atoms. The van der Waals surface area contributed by atoms with Crippen LogP contribution in [0.2, 0.25) is 10.0 Å². The Morgan fingerprint density at radius 2 is 0.816 bits per heavy atom. The molecule has 0 saturated heterocycles. The SMILES string of the molecule is Nc1ccc(Sc2ccc3ccccc3c2)c(Cl)c1.Nc1ccc(Sc2ccc3ccccc3c2)c(Cl)c1. The number of nitrogen functional groups attached to an aromatic ring is 2. The van der Waals surface area contributed by atoms with E-state index in [1.165, 1.54) is 31.3 Å². The number of hydrogen-bond acceptors (Lipinski definition) is 4. The molecule has 6 aromatic carbocycles. The van der Waals surface area contributed by atoms with Gasteiger partial charge in [-0.15, -0.1) is 0 Å². The molecule has 0 atom stereocenters. The van der Waals surface area contributed by atoms with Crippen LogP contribution in [-0.2, 0) is 0 Å². The van der Waals surface area contributed by atoms with E-state index in [0.29, 0.717) is 21.4 Å². The van der Waals surface area contributed by atoms with Gasteiger partial charge in [0.2, 0.25) is 0 Å². The lowest BCUT2D eigenvalue weighted by Gasteiger charge is -2.06. The van der Waals surface area contributed by atoms with Gasteiger partial charge in [-0.2, -0.15) is 0 Å². The van der Waals surface area contributed by atoms with Gasteiger partial charge in [0.1, 0.15) is 0 Å². The van der Waals surface area contributed by atoms with E-state index in [0.717, 1.165) is 9.79 Å². The second kappa shape index (κ2) is 12.1. The number of nitrogens with two attached hydrogens (primary N) is 2. The third-order valence-corrected chi connectivity index (χ3v) is 8.79. The standard InChI is InChI=1S/2C16H12ClNS/c2*17-15-10-13(18)6-8-16(15)19-14-7-5-11-3-1-2-4-12(11)9-14/h2*1-10H,18H2. The average Bonchev–Trinajstić information content (AvgIpc) is 2.92. The normalized spacial score (nSPS) is 10.8. The summed E-state index contributed by atoms with van der Waals surface area (Å²) in [5.74, 6) is 0. The van der Waals surface area contributed by atoms with Crippen LogP contribution in [0.25, 0.3) is 21.5 Å². The third kappa shape index (κ3) is 6.58. The molecule has 0 saturated carbocycles. The molecule has 0 aliphatic rings. The first-order valence-electron chi connectivity index (χ1n) is 11.9. The van der Waals surface area contributed by atoms with Gasteiger partial charge < -0.3 is 11.5 Å². The highest BCUT2D eigenvalue weighted by molar-refractivity contribution is 7.99. The number of halogens is 2. The van der Waals surface area contributed by atoms with E-state index >= 15 is 0 Å². The molecule has 6 heteroatoms. The van der Waals surface area contributed by atoms with E-state index in [1.54, 1.807) is 35.7 Å². The van der Waals surface area contributed by atoms with E-state index < -0.39 is 0 Å². The second-order valence-corrected chi connectivity index (χ2v) is 11.6. The van der Waals surface area contributed by atoms with Crippen LogP contribution in [0.1, 0.15) is 0 Å². The molecule has 0 aromatic heterocycles. The summed E-state index contributed by atoms with van der Waals surface area (Å²) in [4.78, 5) is 4.38. The van der Waals surface area contributed by atoms with Gasteiger partial charge in [-0.1, -0.05) is 107 Å². The van der Waals surface area contributed by atoms with Crippen LogP contribution < -0.4 is 11.5 Å². The summed E-state index contributed by atoms with van der Waals surface area (Å²) in [6, 6.07) is 40.7. The monoisotopic (exact) mass is 570 g/mol. The first-order chi connectivity index (χ1) is 18.4. The molecule has 0 fully saturated rings. The number of fused-ring (bicyclic) bond motifs is 2. The summed E-state index contributed by atoms with van der Waals surface area (Å²) in [7, 11) is 0. The molecular formula is C32H24Cl2N2S2. The van der Waals surface area contributed by atoms with Crippen molar-refractivity contribution in [2.45, 2.75) is 19.6 Å². The molecule has 0 radical (unpaired) electrons. The van der Waals surface area contributed by atoms with Crippen LogP contribution in [0.15, 0.2) is 141 Å². The van der Waals surface area contributed by atoms with Crippen LogP contribution in [0.5, 0.6) is 0 Å². The van der Waals surface area contributed by atoms with Crippen molar-refractivity contribution in [1.82, 2.24) is 0 Å². The zero-order valence-electron chi connectivity index (χ0n) is 20.3. The molecule has 0 unspecified atom stereocenters. The van der Waals surface area contributed by atoms with Crippen LogP contribution >= 0.6 is 46.7 Å². The van der Waals surface area contributed by atoms with Gasteiger partial charge in [0.25, 0.3) is 0 Å². The summed E-state index contributed by atoms with van der Waals surface area (Å²) in [6.07, 6.45) is 0. The van der Waals surface area contributed by atoms with Crippen LogP contribution in [-0.4, -0.2) is 0 Å². The molecule has 0 bridgehead atoms. The molecule has 6 aromatic rings. The lowest BCUT2D eigenvalue weighted by molar-refractivity contribution is 1.42. The maximum Gasteiger partial charge on any atom is 0.0565 e. The summed E-state index contributed by atoms with van der Waals surface area (Å²) < 4.78 is 0. The van der Waals surface area contributed by atoms with E-state index in [-0.39, 0.29) is 0 Å². The minimum absolute atomic E-state index is 0.688. The predicted molar refractivity (Wildman–Crippen MR) is 168 cm³/mol. The minimum atomic E-state index is 0.688. The molecule has 2 nitrogen and oxygen atoms in total. The van der Waals surface area contributed by atoms with Gasteiger partial charge in [0.15, 0.2) is 0 Å². The van der Waals surface area contributed by atoms with Crippen molar-refractivity contribution in [2.24, 2.45) is 0 Å². The lowest BCUT2D eigenvalue weighted by atomic mass is 10.1. The van der Waals surface area contributed by atoms with Crippen LogP contribution in [0, 0.1) is 0 Å². The van der Waals surface area contributed by atoms with Gasteiger partial charge >= 0.3 is 0 Å². The third-order valence-electron chi connectivity index (χ3n) is 5.81. The molecular weight excluding hydrogens is 547 g/mol. The highest BCUT2D eigenvalue weighted by atomic mass is 35.5. The molecule has 0 aliphatic heterocycles. The molecule has 4 N–H and O–H groups in total. The van der Waals surface area contributed by atoms with Gasteiger partial charge in [-0.25, -0.2) is 0 Å². The van der Waals surface area contributed by atoms with Crippen molar-refractivity contribution in [2.75, 3.05) is 11.5 Å². The predicted octanol–water partition coefficient (Wildman–Crippen LogP) is 10.5. The average molecular weight is 572 g/mol. The van der Waals surface area contributed by atoms with Gasteiger partial charge in [0.05, 0.1) is 10.0 Å². The maximum atomic E-state index is 6.20. The van der Waals surface area contributed by atoms with Gasteiger partial charge in [-0.3, -0.25) is 0 Å². The lowest BCUT2D eigenvalue weighted by Crippen LogP contribution is -1.84. The second-order valence-electron chi connectivity index (χ2n) is 8.60. The molecule has 6 rings (SSSR count). The molecule has 0 aliphatic carbocycles. The fourth-order valence-electron chi connectivity index (χ4n) is 3.92. The fraction of sp³-hybridized carbons (Fsp3) is 0. The smallest absolute Gasteiger partial charge is 0.0565 e. The Kier molecular flexibility index (Phi) is 8.35. The van der Waals surface area contributed by atoms with E-state index in [1.807, 2.05) is 48.5 Å². The van der Waals surface area contributed by atoms with Gasteiger partial charge in [-0.05, 0) is 82.2 Å². The first-order valence-corrected chi connectivity index (χ1v) is 14.3. The largest absolute Gasteiger partial charge is 0.399 e. The Hall–Kier alpha value is -3.28. The summed E-state index contributed by atoms with van der Waals surface area (Å²) in [5, 5.41) is 6.35. The first kappa shape index (κ1) is 26.3. The summed E-state index contributed by atoms with van der Waals surface area (Å²) in [5.41, 5.74) is 12.8. The maximum absolute atomic E-state index is 6.20. The summed E-state index contributed by atoms with van der Waals surface area (Å²) in [6.45, 7) is 0. The zero-order valence-corrected chi connectivity index (χ0v) is 23.4. The van der Waals surface area contributed by atoms with Crippen molar-refractivity contribution in [3.63, 3.8) is 0 Å². The Morgan fingerprint density at radius 3 is 1.21 bits per heavy atom. The van der Waals surface area contributed by atoms with Crippen molar-refractivity contribution in [1.29, 1.82) is 0 Å². The molecule has 0 amide bonds. The van der Waals surface area contributed by atoms with Crippen LogP contribution in [0.4, 0.5) is 11.4 Å². The Bertz CT molecular complexity index is 1610.